The van der Waals surface area contributed by atoms with E-state index in [2.05, 4.69) is 44.5 Å². The largest absolute Gasteiger partial charge is 0.334 e. The number of hydrogen-bond donors (Lipinski definition) is 1. The summed E-state index contributed by atoms with van der Waals surface area (Å²) in [7, 11) is 0. The van der Waals surface area contributed by atoms with Gasteiger partial charge in [0.2, 0.25) is 5.91 Å². The number of carbonyl (C=O) groups excluding carboxylic acids is 1. The van der Waals surface area contributed by atoms with Gasteiger partial charge in [0.25, 0.3) is 0 Å². The Balaban J connectivity index is 2.06. The first-order valence-corrected chi connectivity index (χ1v) is 7.91. The molecule has 2 rings (SSSR count). The van der Waals surface area contributed by atoms with Crippen molar-refractivity contribution in [3.63, 3.8) is 0 Å². The van der Waals surface area contributed by atoms with Gasteiger partial charge >= 0.3 is 0 Å². The highest BCUT2D eigenvalue weighted by Crippen LogP contribution is 2.35. The summed E-state index contributed by atoms with van der Waals surface area (Å²) in [5.74, 6) is 0.221. The van der Waals surface area contributed by atoms with E-state index < -0.39 is 0 Å². The van der Waals surface area contributed by atoms with Gasteiger partial charge in [0, 0.05) is 17.0 Å². The molecule has 1 aromatic heterocycles. The molecule has 0 fully saturated rings. The number of rotatable bonds is 3. The van der Waals surface area contributed by atoms with Crippen LogP contribution in [0, 0.1) is 0 Å². The highest BCUT2D eigenvalue weighted by molar-refractivity contribution is 7.10. The second-order valence-corrected chi connectivity index (χ2v) is 7.16. The number of fused-ring (bicyclic) bond motifs is 1. The molecule has 0 aromatic carbocycles. The summed E-state index contributed by atoms with van der Waals surface area (Å²) in [5.41, 5.74) is 1.35. The third kappa shape index (κ3) is 3.37. The van der Waals surface area contributed by atoms with E-state index >= 15 is 0 Å². The minimum atomic E-state index is -0.0132. The zero-order valence-corrected chi connectivity index (χ0v) is 13.1. The van der Waals surface area contributed by atoms with Crippen molar-refractivity contribution in [2.75, 3.05) is 13.1 Å². The van der Waals surface area contributed by atoms with Crippen LogP contribution in [0.25, 0.3) is 0 Å². The van der Waals surface area contributed by atoms with Crippen LogP contribution in [0.15, 0.2) is 11.4 Å². The van der Waals surface area contributed by atoms with E-state index in [0.29, 0.717) is 6.54 Å². The highest BCUT2D eigenvalue weighted by atomic mass is 32.1. The zero-order valence-electron chi connectivity index (χ0n) is 12.3. The van der Waals surface area contributed by atoms with Crippen molar-refractivity contribution in [2.24, 2.45) is 0 Å². The number of nitrogens with one attached hydrogen (secondary N) is 1. The topological polar surface area (TPSA) is 32.3 Å². The summed E-state index contributed by atoms with van der Waals surface area (Å²) in [5, 5.41) is 5.44. The molecule has 0 saturated heterocycles. The average molecular weight is 280 g/mol. The van der Waals surface area contributed by atoms with Gasteiger partial charge in [0.05, 0.1) is 12.6 Å². The van der Waals surface area contributed by atoms with Crippen molar-refractivity contribution in [3.8, 4) is 0 Å². The average Bonchev–Trinajstić information content (AvgIpc) is 2.81. The maximum atomic E-state index is 12.4. The van der Waals surface area contributed by atoms with Crippen molar-refractivity contribution < 1.29 is 4.79 Å². The molecule has 1 aliphatic rings. The molecule has 2 heterocycles. The standard InChI is InChI=1S/C15H24N2OS/c1-5-12-11-7-9-19-13(11)6-8-17(12)14(18)10-16-15(2,3)4/h7,9,12,16H,5-6,8,10H2,1-4H3. The third-order valence-electron chi connectivity index (χ3n) is 3.57. The number of thiophene rings is 1. The fourth-order valence-corrected chi connectivity index (χ4v) is 3.51. The Morgan fingerprint density at radius 1 is 1.53 bits per heavy atom. The van der Waals surface area contributed by atoms with Crippen LogP contribution in [0.1, 0.15) is 50.6 Å². The molecule has 1 atom stereocenters. The molecule has 1 N–H and O–H groups in total. The Bertz CT molecular complexity index is 447. The maximum absolute atomic E-state index is 12.4. The van der Waals surface area contributed by atoms with Gasteiger partial charge in [-0.15, -0.1) is 11.3 Å². The summed E-state index contributed by atoms with van der Waals surface area (Å²) in [6.45, 7) is 9.71. The minimum Gasteiger partial charge on any atom is -0.334 e. The van der Waals surface area contributed by atoms with Gasteiger partial charge in [0.1, 0.15) is 0 Å². The minimum absolute atomic E-state index is 0.0132. The van der Waals surface area contributed by atoms with Crippen LogP contribution >= 0.6 is 11.3 Å². The van der Waals surface area contributed by atoms with E-state index in [1.807, 2.05) is 16.2 Å². The first-order chi connectivity index (χ1) is 8.92. The molecular formula is C15H24N2OS. The molecule has 0 spiro atoms. The summed E-state index contributed by atoms with van der Waals surface area (Å²) in [6, 6.07) is 2.45. The van der Waals surface area contributed by atoms with E-state index in [-0.39, 0.29) is 17.5 Å². The Hall–Kier alpha value is -0.870. The molecule has 1 aliphatic heterocycles. The van der Waals surface area contributed by atoms with Crippen LogP contribution in [0.5, 0.6) is 0 Å². The third-order valence-corrected chi connectivity index (χ3v) is 4.57. The quantitative estimate of drug-likeness (QED) is 0.923. The zero-order chi connectivity index (χ0) is 14.0. The van der Waals surface area contributed by atoms with Gasteiger partial charge in [-0.1, -0.05) is 6.92 Å². The number of carbonyl (C=O) groups is 1. The molecule has 0 bridgehead atoms. The second-order valence-electron chi connectivity index (χ2n) is 6.16. The highest BCUT2D eigenvalue weighted by Gasteiger charge is 2.30. The summed E-state index contributed by atoms with van der Waals surface area (Å²) < 4.78 is 0. The van der Waals surface area contributed by atoms with Gasteiger partial charge in [-0.3, -0.25) is 4.79 Å². The Morgan fingerprint density at radius 2 is 2.26 bits per heavy atom. The lowest BCUT2D eigenvalue weighted by Crippen LogP contribution is -2.47. The lowest BCUT2D eigenvalue weighted by atomic mass is 9.97. The van der Waals surface area contributed by atoms with Crippen molar-refractivity contribution >= 4 is 17.2 Å². The molecule has 4 heteroatoms. The van der Waals surface area contributed by atoms with E-state index in [4.69, 9.17) is 0 Å². The summed E-state index contributed by atoms with van der Waals surface area (Å²) in [6.07, 6.45) is 2.00. The first kappa shape index (κ1) is 14.5. The van der Waals surface area contributed by atoms with Crippen LogP contribution in [0.2, 0.25) is 0 Å². The predicted octanol–water partition coefficient (Wildman–Crippen LogP) is 2.97. The van der Waals surface area contributed by atoms with Crippen molar-refractivity contribution in [2.45, 2.75) is 52.1 Å². The summed E-state index contributed by atoms with van der Waals surface area (Å²) in [4.78, 5) is 15.9. The lowest BCUT2D eigenvalue weighted by molar-refractivity contribution is -0.133. The molecule has 1 amide bonds. The van der Waals surface area contributed by atoms with Crippen molar-refractivity contribution in [3.05, 3.63) is 21.9 Å². The van der Waals surface area contributed by atoms with Crippen LogP contribution < -0.4 is 5.32 Å². The number of amides is 1. The van der Waals surface area contributed by atoms with Crippen molar-refractivity contribution in [1.82, 2.24) is 10.2 Å². The molecule has 1 unspecified atom stereocenters. The first-order valence-electron chi connectivity index (χ1n) is 7.03. The molecule has 106 valence electrons. The number of hydrogen-bond acceptors (Lipinski definition) is 3. The van der Waals surface area contributed by atoms with Gasteiger partial charge in [-0.25, -0.2) is 0 Å². The normalized spacial score (nSPS) is 19.4. The van der Waals surface area contributed by atoms with Crippen molar-refractivity contribution in [1.29, 1.82) is 0 Å². The number of nitrogens with zero attached hydrogens (tertiary/aromatic N) is 1. The summed E-state index contributed by atoms with van der Waals surface area (Å²) >= 11 is 1.82. The second kappa shape index (κ2) is 5.63. The van der Waals surface area contributed by atoms with Gasteiger partial charge in [0.15, 0.2) is 0 Å². The SMILES string of the molecule is CCC1c2ccsc2CCN1C(=O)CNC(C)(C)C. The van der Waals surface area contributed by atoms with Gasteiger partial charge in [-0.2, -0.15) is 0 Å². The molecule has 0 radical (unpaired) electrons. The Kier molecular flexibility index (Phi) is 4.31. The lowest BCUT2D eigenvalue weighted by Gasteiger charge is -2.36. The molecule has 19 heavy (non-hydrogen) atoms. The van der Waals surface area contributed by atoms with E-state index in [1.165, 1.54) is 10.4 Å². The molecule has 0 aliphatic carbocycles. The van der Waals surface area contributed by atoms with Crippen LogP contribution in [-0.4, -0.2) is 29.4 Å². The Labute approximate surface area is 120 Å². The van der Waals surface area contributed by atoms with E-state index in [1.54, 1.807) is 0 Å². The fraction of sp³-hybridized carbons (Fsp3) is 0.667. The van der Waals surface area contributed by atoms with Gasteiger partial charge < -0.3 is 10.2 Å². The van der Waals surface area contributed by atoms with Crippen LogP contribution in [-0.2, 0) is 11.2 Å². The van der Waals surface area contributed by atoms with Gasteiger partial charge in [-0.05, 0) is 50.6 Å². The molecule has 3 nitrogen and oxygen atoms in total. The van der Waals surface area contributed by atoms with E-state index in [0.717, 1.165) is 19.4 Å². The van der Waals surface area contributed by atoms with Crippen LogP contribution in [0.4, 0.5) is 0 Å². The monoisotopic (exact) mass is 280 g/mol. The van der Waals surface area contributed by atoms with E-state index in [9.17, 15) is 4.79 Å². The predicted molar refractivity (Wildman–Crippen MR) is 80.5 cm³/mol. The maximum Gasteiger partial charge on any atom is 0.237 e. The molecule has 0 saturated carbocycles. The molecule has 1 aromatic rings. The Morgan fingerprint density at radius 3 is 2.89 bits per heavy atom. The fourth-order valence-electron chi connectivity index (χ4n) is 2.58. The van der Waals surface area contributed by atoms with Crippen LogP contribution in [0.3, 0.4) is 0 Å². The smallest absolute Gasteiger partial charge is 0.237 e. The molecular weight excluding hydrogens is 256 g/mol.